The molecule has 0 unspecified atom stereocenters. The van der Waals surface area contributed by atoms with Crippen LogP contribution in [-0.4, -0.2) is 47.4 Å². The van der Waals surface area contributed by atoms with Crippen LogP contribution in [0.25, 0.3) is 27.7 Å². The fraction of sp³-hybridized carbons (Fsp3) is 0.192. The monoisotopic (exact) mass is 483 g/mol. The van der Waals surface area contributed by atoms with E-state index in [1.54, 1.807) is 23.6 Å². The predicted octanol–water partition coefficient (Wildman–Crippen LogP) is 3.41. The fourth-order valence-corrected chi connectivity index (χ4v) is 4.28. The van der Waals surface area contributed by atoms with Crippen LogP contribution in [0, 0.1) is 6.92 Å². The van der Waals surface area contributed by atoms with Crippen molar-refractivity contribution in [1.29, 1.82) is 0 Å². The Morgan fingerprint density at radius 3 is 2.72 bits per heavy atom. The maximum absolute atomic E-state index is 13.4. The normalized spacial score (nSPS) is 12.2. The first-order valence-corrected chi connectivity index (χ1v) is 11.4. The number of hydrogen-bond donors (Lipinski definition) is 3. The van der Waals surface area contributed by atoms with Crippen molar-refractivity contribution in [3.8, 4) is 11.1 Å². The lowest BCUT2D eigenvalue weighted by Gasteiger charge is -2.15. The molecule has 0 fully saturated rings. The van der Waals surface area contributed by atoms with Crippen molar-refractivity contribution in [1.82, 2.24) is 29.7 Å². The van der Waals surface area contributed by atoms with Crippen LogP contribution >= 0.6 is 0 Å². The molecule has 10 nitrogen and oxygen atoms in total. The van der Waals surface area contributed by atoms with Crippen molar-refractivity contribution >= 4 is 34.1 Å². The lowest BCUT2D eigenvalue weighted by molar-refractivity contribution is -0.139. The molecule has 182 valence electrons. The van der Waals surface area contributed by atoms with E-state index >= 15 is 0 Å². The molecular formula is C26H25N7O3. The zero-order valence-corrected chi connectivity index (χ0v) is 20.1. The van der Waals surface area contributed by atoms with Gasteiger partial charge < -0.3 is 15.7 Å². The second-order valence-electron chi connectivity index (χ2n) is 8.70. The molecule has 3 heterocycles. The summed E-state index contributed by atoms with van der Waals surface area (Å²) in [6.07, 6.45) is 5.13. The first-order valence-electron chi connectivity index (χ1n) is 11.4. The van der Waals surface area contributed by atoms with Crippen molar-refractivity contribution in [3.05, 3.63) is 77.9 Å². The summed E-state index contributed by atoms with van der Waals surface area (Å²) in [4.78, 5) is 24.6. The maximum Gasteiger partial charge on any atom is 0.320 e. The zero-order valence-electron chi connectivity index (χ0n) is 20.1. The minimum atomic E-state index is -0.948. The molecule has 36 heavy (non-hydrogen) atoms. The van der Waals surface area contributed by atoms with E-state index in [0.29, 0.717) is 16.9 Å². The summed E-state index contributed by atoms with van der Waals surface area (Å²) >= 11 is 0. The number of hydrogen-bond acceptors (Lipinski definition) is 6. The van der Waals surface area contributed by atoms with Gasteiger partial charge >= 0.3 is 5.97 Å². The van der Waals surface area contributed by atoms with Gasteiger partial charge in [-0.25, -0.2) is 0 Å². The van der Waals surface area contributed by atoms with Crippen molar-refractivity contribution < 1.29 is 14.7 Å². The molecule has 0 bridgehead atoms. The van der Waals surface area contributed by atoms with Gasteiger partial charge in [0.2, 0.25) is 0 Å². The Morgan fingerprint density at radius 2 is 1.92 bits per heavy atom. The van der Waals surface area contributed by atoms with E-state index in [4.69, 9.17) is 5.11 Å². The third-order valence-electron chi connectivity index (χ3n) is 6.34. The molecule has 2 aromatic carbocycles. The standard InChI is InChI=1S/C26H25N7O3/c1-15-18(19-7-5-9-23-21(19)12-29-32(23)3)6-4-8-22(15)30-25(34)20-10-17(11-27-16(2)26(35)36)13-33-14-28-31-24(20)33/h4-10,12-14,16,27H,11H2,1-3H3,(H,30,34)(H,35,36)/t16-/m1/s1. The molecule has 0 radical (unpaired) electrons. The van der Waals surface area contributed by atoms with Crippen molar-refractivity contribution in [2.45, 2.75) is 26.4 Å². The molecule has 0 aliphatic carbocycles. The predicted molar refractivity (Wildman–Crippen MR) is 136 cm³/mol. The van der Waals surface area contributed by atoms with Gasteiger partial charge in [-0.15, -0.1) is 10.2 Å². The van der Waals surface area contributed by atoms with E-state index in [-0.39, 0.29) is 12.5 Å². The number of nitrogens with zero attached hydrogens (tertiary/aromatic N) is 5. The summed E-state index contributed by atoms with van der Waals surface area (Å²) in [5, 5.41) is 28.5. The highest BCUT2D eigenvalue weighted by Gasteiger charge is 2.18. The lowest BCUT2D eigenvalue weighted by Crippen LogP contribution is -2.33. The molecule has 5 aromatic rings. The number of carbonyl (C=O) groups is 2. The van der Waals surface area contributed by atoms with Crippen molar-refractivity contribution in [2.24, 2.45) is 7.05 Å². The highest BCUT2D eigenvalue weighted by atomic mass is 16.4. The van der Waals surface area contributed by atoms with Crippen LogP contribution < -0.4 is 10.6 Å². The Morgan fingerprint density at radius 1 is 1.14 bits per heavy atom. The van der Waals surface area contributed by atoms with Gasteiger partial charge in [0.15, 0.2) is 5.65 Å². The Bertz CT molecular complexity index is 1620. The molecule has 0 aliphatic rings. The van der Waals surface area contributed by atoms with Crippen molar-refractivity contribution in [2.75, 3.05) is 5.32 Å². The summed E-state index contributed by atoms with van der Waals surface area (Å²) in [5.74, 6) is -1.28. The van der Waals surface area contributed by atoms with E-state index in [2.05, 4.69) is 25.9 Å². The minimum Gasteiger partial charge on any atom is -0.480 e. The van der Waals surface area contributed by atoms with Crippen LogP contribution in [0.5, 0.6) is 0 Å². The van der Waals surface area contributed by atoms with Crippen LogP contribution in [0.1, 0.15) is 28.4 Å². The van der Waals surface area contributed by atoms with E-state index in [1.807, 2.05) is 61.2 Å². The summed E-state index contributed by atoms with van der Waals surface area (Å²) in [7, 11) is 1.91. The minimum absolute atomic E-state index is 0.269. The van der Waals surface area contributed by atoms with Crippen LogP contribution in [-0.2, 0) is 18.4 Å². The van der Waals surface area contributed by atoms with Crippen LogP contribution in [0.4, 0.5) is 5.69 Å². The van der Waals surface area contributed by atoms with Crippen LogP contribution in [0.3, 0.4) is 0 Å². The largest absolute Gasteiger partial charge is 0.480 e. The van der Waals surface area contributed by atoms with Crippen LogP contribution in [0.15, 0.2) is 61.2 Å². The number of aryl methyl sites for hydroxylation is 1. The SMILES string of the molecule is Cc1c(NC(=O)c2cc(CN[C@H](C)C(=O)O)cn3cnnc23)cccc1-c1cccc2c1cnn2C. The van der Waals surface area contributed by atoms with Gasteiger partial charge in [-0.2, -0.15) is 5.10 Å². The molecule has 5 rings (SSSR count). The van der Waals surface area contributed by atoms with Crippen molar-refractivity contribution in [3.63, 3.8) is 0 Å². The fourth-order valence-electron chi connectivity index (χ4n) is 4.28. The van der Waals surface area contributed by atoms with Gasteiger partial charge in [-0.1, -0.05) is 24.3 Å². The number of carbonyl (C=O) groups excluding carboxylic acids is 1. The molecule has 1 atom stereocenters. The van der Waals surface area contributed by atoms with E-state index in [1.165, 1.54) is 6.33 Å². The average molecular weight is 484 g/mol. The number of aromatic nitrogens is 5. The molecule has 3 aromatic heterocycles. The molecule has 10 heteroatoms. The number of fused-ring (bicyclic) bond motifs is 2. The molecule has 3 N–H and O–H groups in total. The number of rotatable bonds is 7. The summed E-state index contributed by atoms with van der Waals surface area (Å²) in [5.41, 5.74) is 6.15. The number of anilines is 1. The highest BCUT2D eigenvalue weighted by molar-refractivity contribution is 6.09. The quantitative estimate of drug-likeness (QED) is 0.324. The molecule has 0 aliphatic heterocycles. The van der Waals surface area contributed by atoms with Gasteiger partial charge in [0.05, 0.1) is 17.3 Å². The van der Waals surface area contributed by atoms with Gasteiger partial charge in [0.25, 0.3) is 5.91 Å². The second-order valence-corrected chi connectivity index (χ2v) is 8.70. The number of carboxylic acid groups (broad SMARTS) is 1. The van der Waals surface area contributed by atoms with Gasteiger partial charge in [0.1, 0.15) is 12.4 Å². The third kappa shape index (κ3) is 4.18. The van der Waals surface area contributed by atoms with E-state index < -0.39 is 12.0 Å². The first-order chi connectivity index (χ1) is 17.3. The molecule has 1 amide bonds. The second kappa shape index (κ2) is 9.23. The number of pyridine rings is 1. The summed E-state index contributed by atoms with van der Waals surface area (Å²) < 4.78 is 3.49. The lowest BCUT2D eigenvalue weighted by atomic mass is 9.96. The maximum atomic E-state index is 13.4. The van der Waals surface area contributed by atoms with E-state index in [9.17, 15) is 9.59 Å². The number of aliphatic carboxylic acids is 1. The van der Waals surface area contributed by atoms with E-state index in [0.717, 1.165) is 33.2 Å². The topological polar surface area (TPSA) is 126 Å². The average Bonchev–Trinajstić information content (AvgIpc) is 3.50. The summed E-state index contributed by atoms with van der Waals surface area (Å²) in [6.45, 7) is 3.81. The number of benzene rings is 2. The Labute approximate surface area is 206 Å². The molecule has 0 saturated carbocycles. The Kier molecular flexibility index (Phi) is 5.95. The number of amides is 1. The van der Waals surface area contributed by atoms with Gasteiger partial charge in [0, 0.05) is 30.9 Å². The van der Waals surface area contributed by atoms with Gasteiger partial charge in [-0.05, 0) is 54.3 Å². The third-order valence-corrected chi connectivity index (χ3v) is 6.34. The smallest absolute Gasteiger partial charge is 0.320 e. The van der Waals surface area contributed by atoms with Crippen LogP contribution in [0.2, 0.25) is 0 Å². The Hall–Kier alpha value is -4.57. The van der Waals surface area contributed by atoms with Gasteiger partial charge in [-0.3, -0.25) is 18.7 Å². The summed E-state index contributed by atoms with van der Waals surface area (Å²) in [6, 6.07) is 12.8. The highest BCUT2D eigenvalue weighted by Crippen LogP contribution is 2.33. The molecular weight excluding hydrogens is 458 g/mol. The number of nitrogens with one attached hydrogen (secondary N) is 2. The zero-order chi connectivity index (χ0) is 25.4. The molecule has 0 spiro atoms. The first kappa shape index (κ1) is 23.2. The number of carboxylic acids is 1. The Balaban J connectivity index is 1.47. The molecule has 0 saturated heterocycles.